The quantitative estimate of drug-likeness (QED) is 0.598. The highest BCUT2D eigenvalue weighted by molar-refractivity contribution is 5.81. The molecular formula is C22H34N4O. The van der Waals surface area contributed by atoms with Crippen molar-refractivity contribution in [1.29, 1.82) is 0 Å². The SMILES string of the molecule is CN=C(NCCC(=O)NC1CCCC1)N1CCC(Cc2ccccc2)CC1. The Labute approximate surface area is 163 Å². The Morgan fingerprint density at radius 2 is 1.81 bits per heavy atom. The van der Waals surface area contributed by atoms with E-state index in [2.05, 4.69) is 50.9 Å². The molecule has 5 nitrogen and oxygen atoms in total. The number of piperidine rings is 1. The lowest BCUT2D eigenvalue weighted by atomic mass is 9.90. The number of hydrogen-bond donors (Lipinski definition) is 2. The van der Waals surface area contributed by atoms with E-state index in [0.29, 0.717) is 19.0 Å². The molecule has 1 heterocycles. The smallest absolute Gasteiger partial charge is 0.221 e. The molecule has 0 atom stereocenters. The minimum atomic E-state index is 0.159. The summed E-state index contributed by atoms with van der Waals surface area (Å²) in [6.45, 7) is 2.71. The van der Waals surface area contributed by atoms with Gasteiger partial charge in [-0.15, -0.1) is 0 Å². The molecule has 0 radical (unpaired) electrons. The van der Waals surface area contributed by atoms with Gasteiger partial charge in [0, 0.05) is 39.1 Å². The normalized spacial score (nSPS) is 19.3. The second-order valence-electron chi connectivity index (χ2n) is 7.89. The third kappa shape index (κ3) is 6.26. The summed E-state index contributed by atoms with van der Waals surface area (Å²) in [6, 6.07) is 11.2. The highest BCUT2D eigenvalue weighted by Gasteiger charge is 2.22. The second kappa shape index (κ2) is 10.3. The highest BCUT2D eigenvalue weighted by Crippen LogP contribution is 2.21. The predicted molar refractivity (Wildman–Crippen MR) is 111 cm³/mol. The summed E-state index contributed by atoms with van der Waals surface area (Å²) in [7, 11) is 1.83. The molecular weight excluding hydrogens is 336 g/mol. The number of nitrogens with zero attached hydrogens (tertiary/aromatic N) is 2. The predicted octanol–water partition coefficient (Wildman–Crippen LogP) is 2.97. The van der Waals surface area contributed by atoms with E-state index in [1.54, 1.807) is 0 Å². The molecule has 2 aliphatic rings. The number of nitrogens with one attached hydrogen (secondary N) is 2. The summed E-state index contributed by atoms with van der Waals surface area (Å²) in [5, 5.41) is 6.52. The van der Waals surface area contributed by atoms with Gasteiger partial charge in [-0.2, -0.15) is 0 Å². The largest absolute Gasteiger partial charge is 0.356 e. The van der Waals surface area contributed by atoms with E-state index in [0.717, 1.165) is 37.8 Å². The summed E-state index contributed by atoms with van der Waals surface area (Å²) < 4.78 is 0. The molecule has 3 rings (SSSR count). The summed E-state index contributed by atoms with van der Waals surface area (Å²) in [5.41, 5.74) is 1.44. The Morgan fingerprint density at radius 3 is 2.48 bits per heavy atom. The van der Waals surface area contributed by atoms with Crippen molar-refractivity contribution in [1.82, 2.24) is 15.5 Å². The van der Waals surface area contributed by atoms with Crippen LogP contribution in [0.2, 0.25) is 0 Å². The zero-order valence-corrected chi connectivity index (χ0v) is 16.6. The van der Waals surface area contributed by atoms with Gasteiger partial charge in [-0.25, -0.2) is 0 Å². The highest BCUT2D eigenvalue weighted by atomic mass is 16.1. The monoisotopic (exact) mass is 370 g/mol. The number of carbonyl (C=O) groups excluding carboxylic acids is 1. The number of guanidine groups is 1. The van der Waals surface area contributed by atoms with E-state index < -0.39 is 0 Å². The first-order chi connectivity index (χ1) is 13.2. The fraction of sp³-hybridized carbons (Fsp3) is 0.636. The van der Waals surface area contributed by atoms with Gasteiger partial charge in [0.15, 0.2) is 5.96 Å². The number of likely N-dealkylation sites (tertiary alicyclic amines) is 1. The summed E-state index contributed by atoms with van der Waals surface area (Å²) in [5.74, 6) is 1.84. The van der Waals surface area contributed by atoms with Crippen molar-refractivity contribution >= 4 is 11.9 Å². The van der Waals surface area contributed by atoms with Crippen LogP contribution in [-0.4, -0.2) is 49.5 Å². The number of amides is 1. The molecule has 1 aromatic carbocycles. The van der Waals surface area contributed by atoms with Gasteiger partial charge < -0.3 is 15.5 Å². The Balaban J connectivity index is 1.35. The van der Waals surface area contributed by atoms with Crippen LogP contribution in [0.1, 0.15) is 50.5 Å². The van der Waals surface area contributed by atoms with Gasteiger partial charge in [0.2, 0.25) is 5.91 Å². The molecule has 1 aliphatic carbocycles. The zero-order chi connectivity index (χ0) is 18.9. The lowest BCUT2D eigenvalue weighted by molar-refractivity contribution is -0.121. The van der Waals surface area contributed by atoms with Crippen LogP contribution in [0.15, 0.2) is 35.3 Å². The van der Waals surface area contributed by atoms with Crippen LogP contribution in [-0.2, 0) is 11.2 Å². The van der Waals surface area contributed by atoms with Gasteiger partial charge in [-0.05, 0) is 43.6 Å². The van der Waals surface area contributed by atoms with Crippen LogP contribution in [0.5, 0.6) is 0 Å². The molecule has 1 amide bonds. The standard InChI is InChI=1S/C22H34N4O/c1-23-22(24-14-11-21(27)25-20-9-5-6-10-20)26-15-12-19(13-16-26)17-18-7-3-2-4-8-18/h2-4,7-8,19-20H,5-6,9-17H2,1H3,(H,23,24)(H,25,27). The van der Waals surface area contributed by atoms with E-state index in [1.807, 2.05) is 7.05 Å². The Kier molecular flexibility index (Phi) is 7.55. The van der Waals surface area contributed by atoms with Crippen molar-refractivity contribution in [3.8, 4) is 0 Å². The van der Waals surface area contributed by atoms with Crippen molar-refractivity contribution in [3.05, 3.63) is 35.9 Å². The molecule has 0 unspecified atom stereocenters. The fourth-order valence-electron chi connectivity index (χ4n) is 4.29. The van der Waals surface area contributed by atoms with Crippen LogP contribution in [0, 0.1) is 5.92 Å². The Bertz CT molecular complexity index is 602. The van der Waals surface area contributed by atoms with E-state index >= 15 is 0 Å². The van der Waals surface area contributed by atoms with Crippen LogP contribution < -0.4 is 10.6 Å². The summed E-state index contributed by atoms with van der Waals surface area (Å²) in [4.78, 5) is 18.8. The van der Waals surface area contributed by atoms with Gasteiger partial charge in [-0.3, -0.25) is 9.79 Å². The van der Waals surface area contributed by atoms with Gasteiger partial charge in [-0.1, -0.05) is 43.2 Å². The van der Waals surface area contributed by atoms with E-state index in [4.69, 9.17) is 0 Å². The summed E-state index contributed by atoms with van der Waals surface area (Å²) >= 11 is 0. The minimum absolute atomic E-state index is 0.159. The molecule has 2 N–H and O–H groups in total. The van der Waals surface area contributed by atoms with Crippen LogP contribution >= 0.6 is 0 Å². The van der Waals surface area contributed by atoms with E-state index in [1.165, 1.54) is 37.7 Å². The molecule has 1 aromatic rings. The molecule has 5 heteroatoms. The molecule has 148 valence electrons. The lowest BCUT2D eigenvalue weighted by Crippen LogP contribution is -2.46. The van der Waals surface area contributed by atoms with Gasteiger partial charge in [0.1, 0.15) is 0 Å². The maximum atomic E-state index is 12.1. The van der Waals surface area contributed by atoms with Crippen molar-refractivity contribution < 1.29 is 4.79 Å². The second-order valence-corrected chi connectivity index (χ2v) is 7.89. The van der Waals surface area contributed by atoms with Crippen molar-refractivity contribution in [2.24, 2.45) is 10.9 Å². The maximum Gasteiger partial charge on any atom is 0.221 e. The average molecular weight is 371 g/mol. The molecule has 1 aliphatic heterocycles. The zero-order valence-electron chi connectivity index (χ0n) is 16.6. The van der Waals surface area contributed by atoms with Crippen molar-refractivity contribution in [3.63, 3.8) is 0 Å². The molecule has 1 saturated carbocycles. The van der Waals surface area contributed by atoms with Crippen LogP contribution in [0.25, 0.3) is 0 Å². The number of benzene rings is 1. The number of carbonyl (C=O) groups is 1. The summed E-state index contributed by atoms with van der Waals surface area (Å²) in [6.07, 6.45) is 8.83. The van der Waals surface area contributed by atoms with Crippen LogP contribution in [0.4, 0.5) is 0 Å². The van der Waals surface area contributed by atoms with Gasteiger partial charge >= 0.3 is 0 Å². The van der Waals surface area contributed by atoms with Gasteiger partial charge in [0.25, 0.3) is 0 Å². The molecule has 0 aromatic heterocycles. The lowest BCUT2D eigenvalue weighted by Gasteiger charge is -2.34. The van der Waals surface area contributed by atoms with E-state index in [9.17, 15) is 4.79 Å². The number of aliphatic imine (C=N–C) groups is 1. The molecule has 27 heavy (non-hydrogen) atoms. The third-order valence-electron chi connectivity index (χ3n) is 5.85. The minimum Gasteiger partial charge on any atom is -0.356 e. The van der Waals surface area contributed by atoms with Crippen LogP contribution in [0.3, 0.4) is 0 Å². The Hall–Kier alpha value is -2.04. The Morgan fingerprint density at radius 1 is 1.11 bits per heavy atom. The first kappa shape index (κ1) is 19.7. The first-order valence-corrected chi connectivity index (χ1v) is 10.5. The number of rotatable bonds is 6. The fourth-order valence-corrected chi connectivity index (χ4v) is 4.29. The number of hydrogen-bond acceptors (Lipinski definition) is 2. The van der Waals surface area contributed by atoms with E-state index in [-0.39, 0.29) is 5.91 Å². The van der Waals surface area contributed by atoms with Gasteiger partial charge in [0.05, 0.1) is 0 Å². The molecule has 0 spiro atoms. The first-order valence-electron chi connectivity index (χ1n) is 10.5. The average Bonchev–Trinajstić information content (AvgIpc) is 3.20. The maximum absolute atomic E-state index is 12.1. The third-order valence-corrected chi connectivity index (χ3v) is 5.85. The molecule has 2 fully saturated rings. The molecule has 0 bridgehead atoms. The molecule has 1 saturated heterocycles. The van der Waals surface area contributed by atoms with Crippen molar-refractivity contribution in [2.45, 2.75) is 57.4 Å². The van der Waals surface area contributed by atoms with Crippen molar-refractivity contribution in [2.75, 3.05) is 26.7 Å². The topological polar surface area (TPSA) is 56.7 Å².